The van der Waals surface area contributed by atoms with Crippen molar-refractivity contribution in [2.75, 3.05) is 5.32 Å². The Kier molecular flexibility index (Phi) is 4.25. The van der Waals surface area contributed by atoms with Crippen molar-refractivity contribution in [3.8, 4) is 5.69 Å². The summed E-state index contributed by atoms with van der Waals surface area (Å²) >= 11 is 0. The van der Waals surface area contributed by atoms with Crippen LogP contribution in [0.4, 0.5) is 10.1 Å². The average molecular weight is 362 g/mol. The maximum Gasteiger partial charge on any atom is 0.261 e. The van der Waals surface area contributed by atoms with E-state index in [9.17, 15) is 14.0 Å². The van der Waals surface area contributed by atoms with E-state index < -0.39 is 11.7 Å². The van der Waals surface area contributed by atoms with E-state index in [-0.39, 0.29) is 17.8 Å². The molecule has 134 valence electrons. The van der Waals surface area contributed by atoms with E-state index in [0.29, 0.717) is 16.6 Å². The summed E-state index contributed by atoms with van der Waals surface area (Å²) in [4.78, 5) is 29.0. The highest BCUT2D eigenvalue weighted by atomic mass is 19.1. The molecule has 2 aromatic heterocycles. The van der Waals surface area contributed by atoms with Crippen LogP contribution in [0.25, 0.3) is 16.6 Å². The zero-order chi connectivity index (χ0) is 18.8. The quantitative estimate of drug-likeness (QED) is 0.607. The zero-order valence-electron chi connectivity index (χ0n) is 14.2. The van der Waals surface area contributed by atoms with E-state index in [2.05, 4.69) is 10.3 Å². The first-order chi connectivity index (χ1) is 13.1. The Morgan fingerprint density at radius 1 is 1.07 bits per heavy atom. The predicted octanol–water partition coefficient (Wildman–Crippen LogP) is 2.97. The highest BCUT2D eigenvalue weighted by molar-refractivity contribution is 5.91. The van der Waals surface area contributed by atoms with Crippen LogP contribution >= 0.6 is 0 Å². The second kappa shape index (κ2) is 6.87. The Morgan fingerprint density at radius 2 is 1.85 bits per heavy atom. The zero-order valence-corrected chi connectivity index (χ0v) is 14.2. The van der Waals surface area contributed by atoms with Gasteiger partial charge in [0.15, 0.2) is 0 Å². The number of hydrogen-bond acceptors (Lipinski definition) is 3. The number of fused-ring (bicyclic) bond motifs is 1. The van der Waals surface area contributed by atoms with Crippen LogP contribution in [0.1, 0.15) is 0 Å². The fraction of sp³-hybridized carbons (Fsp3) is 0.0500. The van der Waals surface area contributed by atoms with Gasteiger partial charge in [-0.25, -0.2) is 9.37 Å². The fourth-order valence-electron chi connectivity index (χ4n) is 2.84. The molecule has 1 amide bonds. The molecule has 0 saturated carbocycles. The molecule has 0 atom stereocenters. The Balaban J connectivity index is 1.57. The summed E-state index contributed by atoms with van der Waals surface area (Å²) < 4.78 is 17.1. The number of benzene rings is 2. The molecule has 7 heteroatoms. The standard InChI is InChI=1S/C20H15FN4O2/c21-16-8-7-14(24-9-3-4-10-24)11-18(16)23-19(26)12-25-13-22-17-6-2-1-5-15(17)20(25)27/h1-11,13H,12H2,(H,23,26). The Labute approximate surface area is 153 Å². The van der Waals surface area contributed by atoms with Gasteiger partial charge in [0.1, 0.15) is 12.4 Å². The van der Waals surface area contributed by atoms with Crippen LogP contribution < -0.4 is 10.9 Å². The third-order valence-electron chi connectivity index (χ3n) is 4.17. The lowest BCUT2D eigenvalue weighted by Gasteiger charge is -2.11. The number of rotatable bonds is 4. The third kappa shape index (κ3) is 3.35. The summed E-state index contributed by atoms with van der Waals surface area (Å²) in [5.41, 5.74) is 0.996. The minimum absolute atomic E-state index is 0.0491. The van der Waals surface area contributed by atoms with Gasteiger partial charge in [-0.05, 0) is 42.5 Å². The molecule has 0 saturated heterocycles. The van der Waals surface area contributed by atoms with Crippen molar-refractivity contribution in [3.63, 3.8) is 0 Å². The van der Waals surface area contributed by atoms with Crippen molar-refractivity contribution in [1.29, 1.82) is 0 Å². The van der Waals surface area contributed by atoms with E-state index in [1.807, 2.05) is 24.5 Å². The van der Waals surface area contributed by atoms with Gasteiger partial charge < -0.3 is 9.88 Å². The van der Waals surface area contributed by atoms with Crippen molar-refractivity contribution in [3.05, 3.63) is 89.5 Å². The molecule has 0 unspecified atom stereocenters. The van der Waals surface area contributed by atoms with E-state index in [4.69, 9.17) is 0 Å². The number of halogens is 1. The topological polar surface area (TPSA) is 68.9 Å². The lowest BCUT2D eigenvalue weighted by Crippen LogP contribution is -2.28. The molecule has 0 aliphatic heterocycles. The highest BCUT2D eigenvalue weighted by Crippen LogP contribution is 2.19. The van der Waals surface area contributed by atoms with Gasteiger partial charge in [0.25, 0.3) is 5.56 Å². The van der Waals surface area contributed by atoms with Crippen molar-refractivity contribution in [2.24, 2.45) is 0 Å². The first-order valence-corrected chi connectivity index (χ1v) is 8.29. The summed E-state index contributed by atoms with van der Waals surface area (Å²) in [6.07, 6.45) is 4.95. The van der Waals surface area contributed by atoms with Gasteiger partial charge in [0.2, 0.25) is 5.91 Å². The molecule has 0 spiro atoms. The Morgan fingerprint density at radius 3 is 2.67 bits per heavy atom. The van der Waals surface area contributed by atoms with Gasteiger partial charge in [-0.15, -0.1) is 0 Å². The molecular weight excluding hydrogens is 347 g/mol. The normalized spacial score (nSPS) is 10.9. The monoisotopic (exact) mass is 362 g/mol. The van der Waals surface area contributed by atoms with E-state index in [1.54, 1.807) is 34.9 Å². The number of aromatic nitrogens is 3. The molecule has 0 bridgehead atoms. The van der Waals surface area contributed by atoms with Gasteiger partial charge in [0, 0.05) is 18.1 Å². The first-order valence-electron chi connectivity index (χ1n) is 8.29. The molecule has 4 aromatic rings. The molecule has 2 aromatic carbocycles. The van der Waals surface area contributed by atoms with Crippen LogP contribution in [0.3, 0.4) is 0 Å². The molecule has 27 heavy (non-hydrogen) atoms. The molecule has 0 fully saturated rings. The first kappa shape index (κ1) is 16.7. The molecule has 0 aliphatic rings. The van der Waals surface area contributed by atoms with Crippen LogP contribution in [0.15, 0.2) is 78.1 Å². The van der Waals surface area contributed by atoms with Crippen molar-refractivity contribution in [1.82, 2.24) is 14.1 Å². The molecule has 0 aliphatic carbocycles. The summed E-state index contributed by atoms with van der Waals surface area (Å²) in [7, 11) is 0. The number of amides is 1. The number of carbonyl (C=O) groups excluding carboxylic acids is 1. The number of nitrogens with one attached hydrogen (secondary N) is 1. The largest absolute Gasteiger partial charge is 0.324 e. The highest BCUT2D eigenvalue weighted by Gasteiger charge is 2.11. The fourth-order valence-corrected chi connectivity index (χ4v) is 2.84. The van der Waals surface area contributed by atoms with Gasteiger partial charge in [-0.3, -0.25) is 14.2 Å². The summed E-state index contributed by atoms with van der Waals surface area (Å²) in [5.74, 6) is -1.07. The summed E-state index contributed by atoms with van der Waals surface area (Å²) in [5, 5.41) is 2.95. The Bertz CT molecular complexity index is 1180. The van der Waals surface area contributed by atoms with Gasteiger partial charge in [-0.2, -0.15) is 0 Å². The molecule has 1 N–H and O–H groups in total. The minimum atomic E-state index is -0.553. The van der Waals surface area contributed by atoms with Crippen LogP contribution in [-0.4, -0.2) is 20.0 Å². The third-order valence-corrected chi connectivity index (χ3v) is 4.17. The number of nitrogens with zero attached hydrogens (tertiary/aromatic N) is 3. The van der Waals surface area contributed by atoms with Gasteiger partial charge >= 0.3 is 0 Å². The second-order valence-corrected chi connectivity index (χ2v) is 6.00. The SMILES string of the molecule is O=C(Cn1cnc2ccccc2c1=O)Nc1cc(-n2cccc2)ccc1F. The number of hydrogen-bond donors (Lipinski definition) is 1. The van der Waals surface area contributed by atoms with E-state index >= 15 is 0 Å². The lowest BCUT2D eigenvalue weighted by atomic mass is 10.2. The van der Waals surface area contributed by atoms with Crippen molar-refractivity contribution < 1.29 is 9.18 Å². The van der Waals surface area contributed by atoms with Crippen LogP contribution in [0, 0.1) is 5.82 Å². The molecule has 2 heterocycles. The smallest absolute Gasteiger partial charge is 0.261 e. The van der Waals surface area contributed by atoms with Crippen molar-refractivity contribution in [2.45, 2.75) is 6.54 Å². The molecule has 4 rings (SSSR count). The average Bonchev–Trinajstić information content (AvgIpc) is 3.21. The van der Waals surface area contributed by atoms with Crippen LogP contribution in [0.5, 0.6) is 0 Å². The predicted molar refractivity (Wildman–Crippen MR) is 100 cm³/mol. The second-order valence-electron chi connectivity index (χ2n) is 6.00. The van der Waals surface area contributed by atoms with Crippen molar-refractivity contribution >= 4 is 22.5 Å². The molecular formula is C20H15FN4O2. The lowest BCUT2D eigenvalue weighted by molar-refractivity contribution is -0.116. The maximum absolute atomic E-state index is 14.1. The van der Waals surface area contributed by atoms with Gasteiger partial charge in [-0.1, -0.05) is 12.1 Å². The Hall–Kier alpha value is -3.74. The molecule has 6 nitrogen and oxygen atoms in total. The number of carbonyl (C=O) groups is 1. The maximum atomic E-state index is 14.1. The minimum Gasteiger partial charge on any atom is -0.324 e. The summed E-state index contributed by atoms with van der Waals surface area (Å²) in [6, 6.07) is 15.0. The van der Waals surface area contributed by atoms with Gasteiger partial charge in [0.05, 0.1) is 22.9 Å². The van der Waals surface area contributed by atoms with Crippen LogP contribution in [-0.2, 0) is 11.3 Å². The number of anilines is 1. The molecule has 0 radical (unpaired) electrons. The van der Waals surface area contributed by atoms with E-state index in [1.165, 1.54) is 23.0 Å². The summed E-state index contributed by atoms with van der Waals surface area (Å²) in [6.45, 7) is -0.260. The van der Waals surface area contributed by atoms with E-state index in [0.717, 1.165) is 0 Å². The van der Waals surface area contributed by atoms with Crippen LogP contribution in [0.2, 0.25) is 0 Å². The number of para-hydroxylation sites is 1.